The number of nitrogens with zero attached hydrogens (tertiary/aromatic N) is 2. The number of morpholine rings is 1. The molecule has 4 rings (SSSR count). The predicted octanol–water partition coefficient (Wildman–Crippen LogP) is 2.80. The molecule has 0 spiro atoms. The highest BCUT2D eigenvalue weighted by Crippen LogP contribution is 2.36. The van der Waals surface area contributed by atoms with Crippen molar-refractivity contribution < 1.29 is 18.8 Å². The molecule has 1 aliphatic rings. The summed E-state index contributed by atoms with van der Waals surface area (Å²) in [5.41, 5.74) is 1.90. The Morgan fingerprint density at radius 2 is 2.14 bits per heavy atom. The molecule has 0 atom stereocenters. The minimum atomic E-state index is -0.171. The van der Waals surface area contributed by atoms with Gasteiger partial charge in [-0.25, -0.2) is 4.98 Å². The van der Waals surface area contributed by atoms with E-state index >= 15 is 0 Å². The van der Waals surface area contributed by atoms with Crippen LogP contribution in [0.3, 0.4) is 0 Å². The third-order valence-electron chi connectivity index (χ3n) is 5.01. The van der Waals surface area contributed by atoms with Crippen molar-refractivity contribution in [3.63, 3.8) is 0 Å². The average molecular weight is 421 g/mol. The summed E-state index contributed by atoms with van der Waals surface area (Å²) in [6.45, 7) is 7.23. The van der Waals surface area contributed by atoms with Crippen LogP contribution in [0.5, 0.6) is 0 Å². The van der Waals surface area contributed by atoms with E-state index in [9.17, 15) is 4.79 Å². The highest BCUT2D eigenvalue weighted by Gasteiger charge is 2.25. The second-order valence-electron chi connectivity index (χ2n) is 6.94. The summed E-state index contributed by atoms with van der Waals surface area (Å²) in [6.07, 6.45) is 2.40. The SMILES string of the molecule is Cc1ccc(Cl)c2sc(N(CCC[NH+]3CCOCC3)C(=O)c3ccco3)nc12. The van der Waals surface area contributed by atoms with Gasteiger partial charge >= 0.3 is 0 Å². The summed E-state index contributed by atoms with van der Waals surface area (Å²) in [5.74, 6) is 0.149. The van der Waals surface area contributed by atoms with E-state index in [1.165, 1.54) is 22.5 Å². The van der Waals surface area contributed by atoms with Crippen molar-refractivity contribution >= 4 is 44.2 Å². The van der Waals surface area contributed by atoms with E-state index in [0.29, 0.717) is 22.5 Å². The molecule has 0 bridgehead atoms. The van der Waals surface area contributed by atoms with Crippen LogP contribution in [0.25, 0.3) is 10.2 Å². The van der Waals surface area contributed by atoms with Crippen LogP contribution in [0.1, 0.15) is 22.5 Å². The molecule has 1 N–H and O–H groups in total. The van der Waals surface area contributed by atoms with Gasteiger partial charge in [0.1, 0.15) is 13.1 Å². The first kappa shape index (κ1) is 19.4. The molecule has 0 unspecified atom stereocenters. The molecule has 8 heteroatoms. The fraction of sp³-hybridized carbons (Fsp3) is 0.400. The number of carbonyl (C=O) groups is 1. The number of furan rings is 1. The number of rotatable bonds is 6. The number of quaternary nitrogens is 1. The Morgan fingerprint density at radius 3 is 2.86 bits per heavy atom. The predicted molar refractivity (Wildman–Crippen MR) is 111 cm³/mol. The monoisotopic (exact) mass is 420 g/mol. The zero-order valence-corrected chi connectivity index (χ0v) is 17.3. The number of benzene rings is 1. The minimum absolute atomic E-state index is 0.171. The zero-order valence-electron chi connectivity index (χ0n) is 15.7. The van der Waals surface area contributed by atoms with Gasteiger partial charge in [-0.1, -0.05) is 29.0 Å². The Balaban J connectivity index is 1.58. The molecular formula is C20H23ClN3O3S+. The van der Waals surface area contributed by atoms with Crippen molar-refractivity contribution in [1.82, 2.24) is 4.98 Å². The number of hydrogen-bond acceptors (Lipinski definition) is 5. The molecule has 6 nitrogen and oxygen atoms in total. The number of aryl methyl sites for hydroxylation is 1. The van der Waals surface area contributed by atoms with Gasteiger partial charge in [0.2, 0.25) is 0 Å². The van der Waals surface area contributed by atoms with Gasteiger partial charge in [-0.2, -0.15) is 0 Å². The lowest BCUT2D eigenvalue weighted by molar-refractivity contribution is -0.908. The summed E-state index contributed by atoms with van der Waals surface area (Å²) in [7, 11) is 0. The summed E-state index contributed by atoms with van der Waals surface area (Å²) < 4.78 is 11.7. The molecule has 0 saturated carbocycles. The maximum atomic E-state index is 13.1. The first-order valence-electron chi connectivity index (χ1n) is 9.46. The molecule has 28 heavy (non-hydrogen) atoms. The number of amides is 1. The summed E-state index contributed by atoms with van der Waals surface area (Å²) >= 11 is 7.82. The zero-order chi connectivity index (χ0) is 19.5. The van der Waals surface area contributed by atoms with Crippen molar-refractivity contribution in [2.45, 2.75) is 13.3 Å². The van der Waals surface area contributed by atoms with E-state index in [4.69, 9.17) is 25.7 Å². The van der Waals surface area contributed by atoms with Crippen LogP contribution in [-0.4, -0.2) is 50.3 Å². The molecule has 1 amide bonds. The Kier molecular flexibility index (Phi) is 5.96. The smallest absolute Gasteiger partial charge is 0.295 e. The largest absolute Gasteiger partial charge is 0.459 e. The Labute approximate surface area is 172 Å². The number of halogens is 1. The second kappa shape index (κ2) is 8.61. The van der Waals surface area contributed by atoms with Crippen LogP contribution in [0.4, 0.5) is 5.13 Å². The molecule has 1 fully saturated rings. The number of anilines is 1. The number of hydrogen-bond donors (Lipinski definition) is 1. The van der Waals surface area contributed by atoms with Gasteiger partial charge < -0.3 is 14.1 Å². The fourth-order valence-corrected chi connectivity index (χ4v) is 4.76. The van der Waals surface area contributed by atoms with Crippen molar-refractivity contribution in [2.24, 2.45) is 0 Å². The molecule has 0 aliphatic carbocycles. The number of thiazole rings is 1. The first-order valence-corrected chi connectivity index (χ1v) is 10.7. The lowest BCUT2D eigenvalue weighted by Crippen LogP contribution is -3.14. The van der Waals surface area contributed by atoms with Crippen molar-refractivity contribution in [3.05, 3.63) is 46.9 Å². The van der Waals surface area contributed by atoms with Crippen LogP contribution >= 0.6 is 22.9 Å². The molecule has 3 aromatic rings. The quantitative estimate of drug-likeness (QED) is 0.666. The van der Waals surface area contributed by atoms with Crippen molar-refractivity contribution in [2.75, 3.05) is 44.3 Å². The van der Waals surface area contributed by atoms with Gasteiger partial charge in [0.15, 0.2) is 10.9 Å². The standard InChI is InChI=1S/C20H22ClN3O3S/c1-14-5-6-15(21)18-17(14)22-20(28-18)24(19(25)16-4-2-11-27-16)8-3-7-23-9-12-26-13-10-23/h2,4-6,11H,3,7-10,12-13H2,1H3/p+1. The third kappa shape index (κ3) is 4.07. The van der Waals surface area contributed by atoms with E-state index in [0.717, 1.165) is 55.0 Å². The second-order valence-corrected chi connectivity index (χ2v) is 8.32. The molecule has 148 valence electrons. The molecule has 1 saturated heterocycles. The summed E-state index contributed by atoms with van der Waals surface area (Å²) in [5, 5.41) is 1.32. The van der Waals surface area contributed by atoms with Gasteiger partial charge in [-0.3, -0.25) is 9.69 Å². The van der Waals surface area contributed by atoms with Crippen molar-refractivity contribution in [3.8, 4) is 0 Å². The normalized spacial score (nSPS) is 15.2. The van der Waals surface area contributed by atoms with E-state index < -0.39 is 0 Å². The number of ether oxygens (including phenoxy) is 1. The fourth-order valence-electron chi connectivity index (χ4n) is 3.42. The molecule has 2 aromatic heterocycles. The number of carbonyl (C=O) groups excluding carboxylic acids is 1. The van der Waals surface area contributed by atoms with E-state index in [1.807, 2.05) is 19.1 Å². The van der Waals surface area contributed by atoms with Crippen LogP contribution in [-0.2, 0) is 4.74 Å². The van der Waals surface area contributed by atoms with Crippen LogP contribution in [0, 0.1) is 6.92 Å². The molecular weight excluding hydrogens is 398 g/mol. The highest BCUT2D eigenvalue weighted by atomic mass is 35.5. The highest BCUT2D eigenvalue weighted by molar-refractivity contribution is 7.23. The van der Waals surface area contributed by atoms with Crippen LogP contribution in [0.2, 0.25) is 5.02 Å². The van der Waals surface area contributed by atoms with Gasteiger partial charge in [-0.15, -0.1) is 0 Å². The van der Waals surface area contributed by atoms with E-state index in [2.05, 4.69) is 0 Å². The molecule has 0 radical (unpaired) electrons. The minimum Gasteiger partial charge on any atom is -0.459 e. The Bertz CT molecular complexity index is 912. The topological polar surface area (TPSA) is 60.0 Å². The van der Waals surface area contributed by atoms with E-state index in [1.54, 1.807) is 17.0 Å². The molecule has 1 aliphatic heterocycles. The van der Waals surface area contributed by atoms with Crippen LogP contribution < -0.4 is 9.80 Å². The number of nitrogens with one attached hydrogen (secondary N) is 1. The summed E-state index contributed by atoms with van der Waals surface area (Å²) in [6, 6.07) is 7.24. The third-order valence-corrected chi connectivity index (χ3v) is 6.54. The molecule has 1 aromatic carbocycles. The summed E-state index contributed by atoms with van der Waals surface area (Å²) in [4.78, 5) is 21.0. The Hall–Kier alpha value is -1.93. The average Bonchev–Trinajstić information content (AvgIpc) is 3.39. The number of fused-ring (bicyclic) bond motifs is 1. The Morgan fingerprint density at radius 1 is 1.32 bits per heavy atom. The first-order chi connectivity index (χ1) is 13.6. The molecule has 3 heterocycles. The lowest BCUT2D eigenvalue weighted by atomic mass is 10.2. The van der Waals surface area contributed by atoms with Gasteiger partial charge in [0.25, 0.3) is 5.91 Å². The van der Waals surface area contributed by atoms with Crippen LogP contribution in [0.15, 0.2) is 34.9 Å². The van der Waals surface area contributed by atoms with Gasteiger partial charge in [0.05, 0.1) is 41.3 Å². The van der Waals surface area contributed by atoms with E-state index in [-0.39, 0.29) is 5.91 Å². The van der Waals surface area contributed by atoms with Gasteiger partial charge in [-0.05, 0) is 30.7 Å². The maximum absolute atomic E-state index is 13.1. The van der Waals surface area contributed by atoms with Gasteiger partial charge in [0, 0.05) is 13.0 Å². The lowest BCUT2D eigenvalue weighted by Gasteiger charge is -2.25. The number of aromatic nitrogens is 1. The maximum Gasteiger partial charge on any atom is 0.295 e. The van der Waals surface area contributed by atoms with Crippen molar-refractivity contribution in [1.29, 1.82) is 0 Å².